The Hall–Kier alpha value is -0.520. The fourth-order valence-corrected chi connectivity index (χ4v) is 2.98. The molecule has 0 atom stereocenters. The number of amides is 1. The molecule has 0 aliphatic carbocycles. The van der Waals surface area contributed by atoms with Gasteiger partial charge >= 0.3 is 0 Å². The average Bonchev–Trinajstić information content (AvgIpc) is 2.48. The Morgan fingerprint density at radius 3 is 2.41 bits per heavy atom. The van der Waals surface area contributed by atoms with E-state index in [1.165, 1.54) is 0 Å². The molecule has 1 aromatic carbocycles. The first-order chi connectivity index (χ1) is 10.1. The average molecular weight is 368 g/mol. The summed E-state index contributed by atoms with van der Waals surface area (Å²) in [6.45, 7) is 2.65. The minimum absolute atomic E-state index is 0. The summed E-state index contributed by atoms with van der Waals surface area (Å²) >= 11 is 12.2. The van der Waals surface area contributed by atoms with Crippen molar-refractivity contribution in [1.82, 2.24) is 4.90 Å². The van der Waals surface area contributed by atoms with Crippen LogP contribution in [-0.2, 0) is 4.74 Å². The molecule has 22 heavy (non-hydrogen) atoms. The van der Waals surface area contributed by atoms with E-state index < -0.39 is 0 Å². The summed E-state index contributed by atoms with van der Waals surface area (Å²) in [5.74, 6) is -0.106. The zero-order chi connectivity index (χ0) is 15.2. The van der Waals surface area contributed by atoms with E-state index in [2.05, 4.69) is 0 Å². The molecule has 124 valence electrons. The largest absolute Gasteiger partial charge is 0.378 e. The van der Waals surface area contributed by atoms with Crippen LogP contribution in [-0.4, -0.2) is 43.2 Å². The lowest BCUT2D eigenvalue weighted by atomic mass is 10.1. The Morgan fingerprint density at radius 2 is 1.86 bits per heavy atom. The summed E-state index contributed by atoms with van der Waals surface area (Å²) in [7, 11) is 0. The molecule has 1 heterocycles. The highest BCUT2D eigenvalue weighted by atomic mass is 35.5. The van der Waals surface area contributed by atoms with Gasteiger partial charge in [-0.05, 0) is 37.9 Å². The first kappa shape index (κ1) is 19.5. The van der Waals surface area contributed by atoms with Gasteiger partial charge in [-0.15, -0.1) is 12.4 Å². The smallest absolute Gasteiger partial charge is 0.256 e. The van der Waals surface area contributed by atoms with E-state index in [9.17, 15) is 4.79 Å². The Morgan fingerprint density at radius 1 is 1.27 bits per heavy atom. The molecule has 1 aliphatic heterocycles. The second-order valence-electron chi connectivity index (χ2n) is 5.10. The number of carbonyl (C=O) groups excluding carboxylic acids is 1. The molecule has 2 N–H and O–H groups in total. The first-order valence-electron chi connectivity index (χ1n) is 7.18. The topological polar surface area (TPSA) is 55.6 Å². The molecule has 0 aromatic heterocycles. The molecule has 0 bridgehead atoms. The van der Waals surface area contributed by atoms with Crippen LogP contribution >= 0.6 is 35.6 Å². The van der Waals surface area contributed by atoms with Gasteiger partial charge in [0.15, 0.2) is 0 Å². The van der Waals surface area contributed by atoms with Gasteiger partial charge in [-0.1, -0.05) is 29.3 Å². The molecule has 1 aliphatic rings. The first-order valence-corrected chi connectivity index (χ1v) is 7.94. The molecule has 1 saturated heterocycles. The van der Waals surface area contributed by atoms with E-state index in [4.69, 9.17) is 33.7 Å². The van der Waals surface area contributed by atoms with Crippen molar-refractivity contribution in [2.75, 3.05) is 26.2 Å². The van der Waals surface area contributed by atoms with Gasteiger partial charge in [0, 0.05) is 19.7 Å². The highest BCUT2D eigenvalue weighted by Gasteiger charge is 2.26. The van der Waals surface area contributed by atoms with Gasteiger partial charge in [0.25, 0.3) is 5.91 Å². The van der Waals surface area contributed by atoms with Crippen LogP contribution in [0, 0.1) is 0 Å². The van der Waals surface area contributed by atoms with Crippen molar-refractivity contribution in [3.8, 4) is 0 Å². The number of nitrogens with zero attached hydrogens (tertiary/aromatic N) is 1. The number of halogens is 3. The Labute approximate surface area is 147 Å². The molecule has 1 fully saturated rings. The zero-order valence-electron chi connectivity index (χ0n) is 12.3. The summed E-state index contributed by atoms with van der Waals surface area (Å²) in [5, 5.41) is 0.794. The molecule has 1 amide bonds. The predicted molar refractivity (Wildman–Crippen MR) is 92.3 cm³/mol. The number of ether oxygens (including phenoxy) is 1. The maximum atomic E-state index is 12.5. The molecule has 0 saturated carbocycles. The van der Waals surface area contributed by atoms with Crippen molar-refractivity contribution < 1.29 is 9.53 Å². The van der Waals surface area contributed by atoms with Crippen LogP contribution in [0.4, 0.5) is 0 Å². The summed E-state index contributed by atoms with van der Waals surface area (Å²) in [6, 6.07) is 5.10. The van der Waals surface area contributed by atoms with Crippen LogP contribution < -0.4 is 5.73 Å². The van der Waals surface area contributed by atoms with Crippen LogP contribution in [0.3, 0.4) is 0 Å². The van der Waals surface area contributed by atoms with E-state index >= 15 is 0 Å². The van der Waals surface area contributed by atoms with Crippen LogP contribution in [0.25, 0.3) is 0 Å². The summed E-state index contributed by atoms with van der Waals surface area (Å²) in [5.41, 5.74) is 5.83. The van der Waals surface area contributed by atoms with E-state index in [1.54, 1.807) is 23.1 Å². The number of rotatable bonds is 5. The van der Waals surface area contributed by atoms with E-state index in [-0.39, 0.29) is 24.4 Å². The summed E-state index contributed by atoms with van der Waals surface area (Å²) in [4.78, 5) is 14.3. The molecule has 1 aromatic rings. The maximum absolute atomic E-state index is 12.5. The fraction of sp³-hybridized carbons (Fsp3) is 0.533. The number of piperidine rings is 1. The highest BCUT2D eigenvalue weighted by molar-refractivity contribution is 6.39. The second-order valence-corrected chi connectivity index (χ2v) is 5.92. The van der Waals surface area contributed by atoms with Crippen LogP contribution in [0.2, 0.25) is 10.0 Å². The van der Waals surface area contributed by atoms with Gasteiger partial charge in [0.05, 0.1) is 21.7 Å². The normalized spacial score (nSPS) is 15.5. The summed E-state index contributed by atoms with van der Waals surface area (Å²) in [6.07, 6.45) is 2.74. The molecular formula is C15H21Cl3N2O2. The lowest BCUT2D eigenvalue weighted by molar-refractivity contribution is 0.00846. The van der Waals surface area contributed by atoms with Crippen LogP contribution in [0.15, 0.2) is 18.2 Å². The van der Waals surface area contributed by atoms with E-state index in [0.29, 0.717) is 41.8 Å². The Kier molecular flexibility index (Phi) is 8.50. The van der Waals surface area contributed by atoms with Gasteiger partial charge in [-0.25, -0.2) is 0 Å². The van der Waals surface area contributed by atoms with Crippen molar-refractivity contribution in [1.29, 1.82) is 0 Å². The third kappa shape index (κ3) is 5.00. The minimum Gasteiger partial charge on any atom is -0.378 e. The molecule has 0 unspecified atom stereocenters. The lowest BCUT2D eigenvalue weighted by Crippen LogP contribution is -2.41. The maximum Gasteiger partial charge on any atom is 0.256 e. The van der Waals surface area contributed by atoms with Crippen molar-refractivity contribution in [2.24, 2.45) is 5.73 Å². The molecule has 7 heteroatoms. The zero-order valence-corrected chi connectivity index (χ0v) is 14.6. The SMILES string of the molecule is Cl.NCCCOC1CCN(C(=O)c2c(Cl)cccc2Cl)CC1. The van der Waals surface area contributed by atoms with Gasteiger partial charge in [-0.3, -0.25) is 4.79 Å². The minimum atomic E-state index is -0.106. The van der Waals surface area contributed by atoms with Crippen molar-refractivity contribution in [2.45, 2.75) is 25.4 Å². The van der Waals surface area contributed by atoms with Crippen molar-refractivity contribution in [3.05, 3.63) is 33.8 Å². The molecule has 4 nitrogen and oxygen atoms in total. The Bertz CT molecular complexity index is 471. The van der Waals surface area contributed by atoms with Gasteiger partial charge in [0.1, 0.15) is 0 Å². The molecule has 0 spiro atoms. The summed E-state index contributed by atoms with van der Waals surface area (Å²) < 4.78 is 5.73. The molecule has 0 radical (unpaired) electrons. The van der Waals surface area contributed by atoms with Crippen LogP contribution in [0.1, 0.15) is 29.6 Å². The number of likely N-dealkylation sites (tertiary alicyclic amines) is 1. The highest BCUT2D eigenvalue weighted by Crippen LogP contribution is 2.27. The predicted octanol–water partition coefficient (Wildman–Crippen LogP) is 3.39. The number of hydrogen-bond acceptors (Lipinski definition) is 3. The standard InChI is InChI=1S/C15H20Cl2N2O2.ClH/c16-12-3-1-4-13(17)14(12)15(20)19-8-5-11(6-9-19)21-10-2-7-18;/h1,3-4,11H,2,5-10,18H2;1H. The monoisotopic (exact) mass is 366 g/mol. The molecular weight excluding hydrogens is 347 g/mol. The fourth-order valence-electron chi connectivity index (χ4n) is 2.42. The van der Waals surface area contributed by atoms with Gasteiger partial charge < -0.3 is 15.4 Å². The van der Waals surface area contributed by atoms with Crippen LogP contribution in [0.5, 0.6) is 0 Å². The van der Waals surface area contributed by atoms with E-state index in [0.717, 1.165) is 19.3 Å². The van der Waals surface area contributed by atoms with Gasteiger partial charge in [-0.2, -0.15) is 0 Å². The lowest BCUT2D eigenvalue weighted by Gasteiger charge is -2.32. The third-order valence-corrected chi connectivity index (χ3v) is 4.24. The third-order valence-electron chi connectivity index (χ3n) is 3.61. The van der Waals surface area contributed by atoms with E-state index in [1.807, 2.05) is 0 Å². The molecule has 2 rings (SSSR count). The number of nitrogens with two attached hydrogens (primary N) is 1. The van der Waals surface area contributed by atoms with Crippen molar-refractivity contribution in [3.63, 3.8) is 0 Å². The van der Waals surface area contributed by atoms with Crippen molar-refractivity contribution >= 4 is 41.5 Å². The number of benzene rings is 1. The number of carbonyl (C=O) groups is 1. The second kappa shape index (κ2) is 9.58. The Balaban J connectivity index is 0.00000242. The quantitative estimate of drug-likeness (QED) is 0.812. The van der Waals surface area contributed by atoms with Gasteiger partial charge in [0.2, 0.25) is 0 Å². The number of hydrogen-bond donors (Lipinski definition) is 1.